The molecule has 2 atom stereocenters. The average molecular weight is 241 g/mol. The molecule has 0 aliphatic carbocycles. The fourth-order valence-electron chi connectivity index (χ4n) is 1.78. The molecule has 0 aromatic rings. The first-order chi connectivity index (χ1) is 7.88. The Morgan fingerprint density at radius 3 is 2.59 bits per heavy atom. The molecule has 17 heavy (non-hydrogen) atoms. The van der Waals surface area contributed by atoms with E-state index >= 15 is 0 Å². The van der Waals surface area contributed by atoms with Gasteiger partial charge in [-0.1, -0.05) is 20.8 Å². The van der Waals surface area contributed by atoms with Crippen LogP contribution in [0.5, 0.6) is 0 Å². The minimum atomic E-state index is -0.678. The minimum Gasteiger partial charge on any atom is -0.320 e. The van der Waals surface area contributed by atoms with Crippen molar-refractivity contribution in [3.63, 3.8) is 0 Å². The third-order valence-electron chi connectivity index (χ3n) is 2.93. The Balaban J connectivity index is 2.88. The Kier molecular flexibility index (Phi) is 4.22. The van der Waals surface area contributed by atoms with Crippen molar-refractivity contribution in [2.45, 2.75) is 39.3 Å². The highest BCUT2D eigenvalue weighted by molar-refractivity contribution is 6.04. The summed E-state index contributed by atoms with van der Waals surface area (Å²) in [6, 6.07) is -1.27. The van der Waals surface area contributed by atoms with Crippen LogP contribution < -0.4 is 11.1 Å². The van der Waals surface area contributed by atoms with E-state index in [1.807, 2.05) is 13.8 Å². The second kappa shape index (κ2) is 5.27. The van der Waals surface area contributed by atoms with Gasteiger partial charge >= 0.3 is 0 Å². The van der Waals surface area contributed by atoms with E-state index in [1.165, 1.54) is 4.90 Å². The molecule has 1 saturated heterocycles. The number of nitrogens with zero attached hydrogens (tertiary/aromatic N) is 1. The second-order valence-corrected chi connectivity index (χ2v) is 4.57. The third-order valence-corrected chi connectivity index (χ3v) is 2.93. The van der Waals surface area contributed by atoms with Gasteiger partial charge in [0.2, 0.25) is 17.7 Å². The summed E-state index contributed by atoms with van der Waals surface area (Å²) >= 11 is 0. The van der Waals surface area contributed by atoms with Gasteiger partial charge in [-0.25, -0.2) is 0 Å². The standard InChI is InChI=1S/C11H19N3O3/c1-4-7-10(16)13-8(15)5-14(7)11(17)9(12)6(2)3/h6-7,9H,4-5,12H2,1-3H3,(H,13,15,16)/t7?,9-/m1/s1. The summed E-state index contributed by atoms with van der Waals surface area (Å²) in [6.45, 7) is 5.36. The smallest absolute Gasteiger partial charge is 0.249 e. The van der Waals surface area contributed by atoms with Gasteiger partial charge in [0.25, 0.3) is 0 Å². The van der Waals surface area contributed by atoms with Crippen LogP contribution in [0.15, 0.2) is 0 Å². The van der Waals surface area contributed by atoms with E-state index in [1.54, 1.807) is 6.92 Å². The normalized spacial score (nSPS) is 22.6. The largest absolute Gasteiger partial charge is 0.320 e. The van der Waals surface area contributed by atoms with Gasteiger partial charge in [-0.05, 0) is 12.3 Å². The monoisotopic (exact) mass is 241 g/mol. The van der Waals surface area contributed by atoms with Crippen LogP contribution in [0.2, 0.25) is 0 Å². The quantitative estimate of drug-likeness (QED) is 0.635. The van der Waals surface area contributed by atoms with Crippen LogP contribution in [0.1, 0.15) is 27.2 Å². The van der Waals surface area contributed by atoms with Gasteiger partial charge in [0.05, 0.1) is 6.04 Å². The van der Waals surface area contributed by atoms with Gasteiger partial charge in [0.1, 0.15) is 12.6 Å². The van der Waals surface area contributed by atoms with E-state index < -0.39 is 23.9 Å². The lowest BCUT2D eigenvalue weighted by Gasteiger charge is -2.35. The predicted molar refractivity (Wildman–Crippen MR) is 61.8 cm³/mol. The Bertz CT molecular complexity index is 341. The number of imide groups is 1. The Hall–Kier alpha value is -1.43. The molecule has 1 aliphatic rings. The van der Waals surface area contributed by atoms with E-state index in [4.69, 9.17) is 5.73 Å². The molecular formula is C11H19N3O3. The van der Waals surface area contributed by atoms with E-state index in [0.29, 0.717) is 6.42 Å². The van der Waals surface area contributed by atoms with Crippen molar-refractivity contribution >= 4 is 17.7 Å². The highest BCUT2D eigenvalue weighted by atomic mass is 16.2. The maximum Gasteiger partial charge on any atom is 0.249 e. The van der Waals surface area contributed by atoms with Crippen molar-refractivity contribution in [3.8, 4) is 0 Å². The summed E-state index contributed by atoms with van der Waals surface area (Å²) < 4.78 is 0. The molecule has 3 amide bonds. The molecule has 6 heteroatoms. The van der Waals surface area contributed by atoms with Crippen molar-refractivity contribution in [2.24, 2.45) is 11.7 Å². The molecule has 1 aliphatic heterocycles. The summed E-state index contributed by atoms with van der Waals surface area (Å²) in [4.78, 5) is 36.2. The molecule has 0 bridgehead atoms. The summed E-state index contributed by atoms with van der Waals surface area (Å²) in [6.07, 6.45) is 0.468. The fourth-order valence-corrected chi connectivity index (χ4v) is 1.78. The number of hydrogen-bond acceptors (Lipinski definition) is 4. The second-order valence-electron chi connectivity index (χ2n) is 4.57. The predicted octanol–water partition coefficient (Wildman–Crippen LogP) is -0.767. The van der Waals surface area contributed by atoms with Gasteiger partial charge in [0.15, 0.2) is 0 Å². The SMILES string of the molecule is CCC1C(=O)NC(=O)CN1C(=O)[C@H](N)C(C)C. The van der Waals surface area contributed by atoms with Gasteiger partial charge in [-0.3, -0.25) is 19.7 Å². The number of amides is 3. The topological polar surface area (TPSA) is 92.5 Å². The molecule has 0 radical (unpaired) electrons. The van der Waals surface area contributed by atoms with Gasteiger partial charge in [-0.15, -0.1) is 0 Å². The van der Waals surface area contributed by atoms with Crippen molar-refractivity contribution in [1.82, 2.24) is 10.2 Å². The lowest BCUT2D eigenvalue weighted by Crippen LogP contribution is -2.62. The molecule has 1 rings (SSSR count). The number of carbonyl (C=O) groups is 3. The summed E-state index contributed by atoms with van der Waals surface area (Å²) in [5.74, 6) is -1.24. The highest BCUT2D eigenvalue weighted by Gasteiger charge is 2.37. The van der Waals surface area contributed by atoms with Gasteiger partial charge < -0.3 is 10.6 Å². The first-order valence-corrected chi connectivity index (χ1v) is 5.78. The summed E-state index contributed by atoms with van der Waals surface area (Å²) in [5.41, 5.74) is 5.76. The molecule has 0 spiro atoms. The van der Waals surface area contributed by atoms with Crippen LogP contribution in [0, 0.1) is 5.92 Å². The molecule has 1 unspecified atom stereocenters. The van der Waals surface area contributed by atoms with Crippen LogP contribution in [0.4, 0.5) is 0 Å². The Morgan fingerprint density at radius 1 is 1.53 bits per heavy atom. The van der Waals surface area contributed by atoms with Crippen LogP contribution in [0.25, 0.3) is 0 Å². The lowest BCUT2D eigenvalue weighted by molar-refractivity contribution is -0.151. The van der Waals surface area contributed by atoms with E-state index in [9.17, 15) is 14.4 Å². The van der Waals surface area contributed by atoms with Crippen LogP contribution >= 0.6 is 0 Å². The molecule has 1 heterocycles. The average Bonchev–Trinajstić information content (AvgIpc) is 2.25. The van der Waals surface area contributed by atoms with Crippen LogP contribution in [0.3, 0.4) is 0 Å². The molecule has 0 aromatic heterocycles. The number of nitrogens with two attached hydrogens (primary N) is 1. The number of rotatable bonds is 3. The van der Waals surface area contributed by atoms with Crippen molar-refractivity contribution in [2.75, 3.05) is 6.54 Å². The fraction of sp³-hybridized carbons (Fsp3) is 0.727. The van der Waals surface area contributed by atoms with E-state index in [-0.39, 0.29) is 18.4 Å². The Labute approximate surface area is 101 Å². The first kappa shape index (κ1) is 13.6. The van der Waals surface area contributed by atoms with Crippen LogP contribution in [-0.2, 0) is 14.4 Å². The number of nitrogens with one attached hydrogen (secondary N) is 1. The van der Waals surface area contributed by atoms with E-state index in [0.717, 1.165) is 0 Å². The summed E-state index contributed by atoms with van der Waals surface area (Å²) in [7, 11) is 0. The molecule has 3 N–H and O–H groups in total. The first-order valence-electron chi connectivity index (χ1n) is 5.78. The maximum absolute atomic E-state index is 12.1. The van der Waals surface area contributed by atoms with Crippen molar-refractivity contribution < 1.29 is 14.4 Å². The Morgan fingerprint density at radius 2 is 2.12 bits per heavy atom. The molecule has 0 aromatic carbocycles. The number of carbonyl (C=O) groups excluding carboxylic acids is 3. The molecule has 96 valence electrons. The van der Waals surface area contributed by atoms with Gasteiger partial charge in [-0.2, -0.15) is 0 Å². The number of piperazine rings is 1. The van der Waals surface area contributed by atoms with Crippen LogP contribution in [-0.4, -0.2) is 41.2 Å². The molecular weight excluding hydrogens is 222 g/mol. The van der Waals surface area contributed by atoms with Gasteiger partial charge in [0, 0.05) is 0 Å². The van der Waals surface area contributed by atoms with Crippen molar-refractivity contribution in [1.29, 1.82) is 0 Å². The zero-order valence-electron chi connectivity index (χ0n) is 10.4. The number of hydrogen-bond donors (Lipinski definition) is 2. The maximum atomic E-state index is 12.1. The summed E-state index contributed by atoms with van der Waals surface area (Å²) in [5, 5.41) is 2.22. The molecule has 6 nitrogen and oxygen atoms in total. The zero-order valence-corrected chi connectivity index (χ0v) is 10.4. The van der Waals surface area contributed by atoms with E-state index in [2.05, 4.69) is 5.32 Å². The minimum absolute atomic E-state index is 0.0277. The molecule has 0 saturated carbocycles. The highest BCUT2D eigenvalue weighted by Crippen LogP contribution is 2.13. The zero-order chi connectivity index (χ0) is 13.2. The molecule has 1 fully saturated rings. The third kappa shape index (κ3) is 2.82. The van der Waals surface area contributed by atoms with Crippen molar-refractivity contribution in [3.05, 3.63) is 0 Å². The lowest BCUT2D eigenvalue weighted by atomic mass is 10.0.